The molecule has 0 aromatic carbocycles. The second-order valence-corrected chi connectivity index (χ2v) is 5.36. The minimum absolute atomic E-state index is 0.0841. The van der Waals surface area contributed by atoms with Gasteiger partial charge < -0.3 is 9.80 Å². The second-order valence-electron chi connectivity index (χ2n) is 5.36. The van der Waals surface area contributed by atoms with Gasteiger partial charge in [0, 0.05) is 26.0 Å². The van der Waals surface area contributed by atoms with Gasteiger partial charge in [0.05, 0.1) is 0 Å². The Balaban J connectivity index is 1.79. The zero-order valence-corrected chi connectivity index (χ0v) is 12.3. The number of pyridine rings is 1. The number of halogens is 3. The zero-order valence-electron chi connectivity index (χ0n) is 12.3. The fourth-order valence-corrected chi connectivity index (χ4v) is 2.66. The number of amides is 1. The smallest absolute Gasteiger partial charge is 0.347 e. The third-order valence-corrected chi connectivity index (χ3v) is 3.79. The number of alkyl halides is 3. The lowest BCUT2D eigenvalue weighted by atomic mass is 10.2. The molecule has 1 saturated heterocycles. The normalized spacial score (nSPS) is 18.7. The number of rotatable bonds is 3. The number of carbonyl (C=O) groups excluding carboxylic acids is 1. The molecule has 1 aliphatic rings. The molecule has 0 spiro atoms. The van der Waals surface area contributed by atoms with Crippen LogP contribution < -0.4 is 4.90 Å². The van der Waals surface area contributed by atoms with E-state index in [4.69, 9.17) is 0 Å². The van der Waals surface area contributed by atoms with Crippen LogP contribution >= 0.6 is 0 Å². The Labute approximate surface area is 129 Å². The quantitative estimate of drug-likeness (QED) is 0.858. The van der Waals surface area contributed by atoms with Gasteiger partial charge in [-0.15, -0.1) is 0 Å². The van der Waals surface area contributed by atoms with Crippen LogP contribution in [0.3, 0.4) is 0 Å². The van der Waals surface area contributed by atoms with Crippen LogP contribution in [-0.4, -0.2) is 58.1 Å². The number of fused-ring (bicyclic) bond motifs is 1. The fourth-order valence-electron chi connectivity index (χ4n) is 2.66. The van der Waals surface area contributed by atoms with E-state index < -0.39 is 24.7 Å². The van der Waals surface area contributed by atoms with Crippen molar-refractivity contribution in [2.45, 2.75) is 18.6 Å². The summed E-state index contributed by atoms with van der Waals surface area (Å²) in [5.74, 6) is -0.0592. The first kappa shape index (κ1) is 15.4. The lowest BCUT2D eigenvalue weighted by Crippen LogP contribution is -2.42. The largest absolute Gasteiger partial charge is 0.406 e. The third kappa shape index (κ3) is 3.17. The highest BCUT2D eigenvalue weighted by atomic mass is 19.4. The van der Waals surface area contributed by atoms with Gasteiger partial charge in [0.1, 0.15) is 23.9 Å². The zero-order chi connectivity index (χ0) is 16.6. The molecule has 0 saturated carbocycles. The van der Waals surface area contributed by atoms with E-state index >= 15 is 0 Å². The second kappa shape index (κ2) is 5.64. The maximum Gasteiger partial charge on any atom is 0.406 e. The van der Waals surface area contributed by atoms with Crippen LogP contribution in [0.25, 0.3) is 11.2 Å². The molecule has 6 nitrogen and oxygen atoms in total. The average Bonchev–Trinajstić information content (AvgIpc) is 2.85. The van der Waals surface area contributed by atoms with Crippen molar-refractivity contribution in [2.24, 2.45) is 0 Å². The Morgan fingerprint density at radius 3 is 2.78 bits per heavy atom. The van der Waals surface area contributed by atoms with E-state index in [0.29, 0.717) is 23.4 Å². The number of carbonyl (C=O) groups is 1. The SMILES string of the molecule is CN(c1ccc2nccnc2n1)C1CCN(CC(F)(F)F)C1=O. The van der Waals surface area contributed by atoms with E-state index in [9.17, 15) is 18.0 Å². The van der Waals surface area contributed by atoms with E-state index in [1.165, 1.54) is 6.20 Å². The number of nitrogens with zero attached hydrogens (tertiary/aromatic N) is 5. The number of likely N-dealkylation sites (tertiary alicyclic amines) is 1. The van der Waals surface area contributed by atoms with Crippen LogP contribution in [0, 0.1) is 0 Å². The van der Waals surface area contributed by atoms with Gasteiger partial charge in [-0.2, -0.15) is 13.2 Å². The van der Waals surface area contributed by atoms with E-state index in [1.54, 1.807) is 30.3 Å². The summed E-state index contributed by atoms with van der Waals surface area (Å²) in [6.45, 7) is -1.13. The Morgan fingerprint density at radius 1 is 1.30 bits per heavy atom. The van der Waals surface area contributed by atoms with Gasteiger partial charge in [0.2, 0.25) is 5.91 Å². The lowest BCUT2D eigenvalue weighted by Gasteiger charge is -2.25. The number of anilines is 1. The molecule has 1 amide bonds. The molecule has 23 heavy (non-hydrogen) atoms. The lowest BCUT2D eigenvalue weighted by molar-refractivity contribution is -0.157. The van der Waals surface area contributed by atoms with Crippen LogP contribution in [0.5, 0.6) is 0 Å². The van der Waals surface area contributed by atoms with Crippen LogP contribution in [0.4, 0.5) is 19.0 Å². The highest BCUT2D eigenvalue weighted by molar-refractivity contribution is 5.87. The molecule has 1 unspecified atom stereocenters. The first-order valence-electron chi connectivity index (χ1n) is 7.01. The predicted octanol–water partition coefficient (Wildman–Crippen LogP) is 1.62. The van der Waals surface area contributed by atoms with Crippen molar-refractivity contribution >= 4 is 22.9 Å². The summed E-state index contributed by atoms with van der Waals surface area (Å²) in [5.41, 5.74) is 1.04. The Bertz CT molecular complexity index is 736. The summed E-state index contributed by atoms with van der Waals surface area (Å²) >= 11 is 0. The van der Waals surface area contributed by atoms with Crippen LogP contribution in [0.15, 0.2) is 24.5 Å². The van der Waals surface area contributed by atoms with Gasteiger partial charge in [0.25, 0.3) is 0 Å². The number of aromatic nitrogens is 3. The number of hydrogen-bond donors (Lipinski definition) is 0. The van der Waals surface area contributed by atoms with Crippen molar-refractivity contribution < 1.29 is 18.0 Å². The van der Waals surface area contributed by atoms with Gasteiger partial charge in [0.15, 0.2) is 5.65 Å². The first-order valence-corrected chi connectivity index (χ1v) is 7.01. The van der Waals surface area contributed by atoms with E-state index in [2.05, 4.69) is 15.0 Å². The molecule has 0 bridgehead atoms. The van der Waals surface area contributed by atoms with Gasteiger partial charge in [-0.25, -0.2) is 9.97 Å². The Morgan fingerprint density at radius 2 is 2.04 bits per heavy atom. The van der Waals surface area contributed by atoms with Crippen molar-refractivity contribution in [2.75, 3.05) is 25.0 Å². The van der Waals surface area contributed by atoms with Crippen molar-refractivity contribution in [3.05, 3.63) is 24.5 Å². The van der Waals surface area contributed by atoms with Crippen LogP contribution in [0.2, 0.25) is 0 Å². The monoisotopic (exact) mass is 325 g/mol. The van der Waals surface area contributed by atoms with Gasteiger partial charge in [-0.1, -0.05) is 0 Å². The minimum Gasteiger partial charge on any atom is -0.347 e. The molecular formula is C14H14F3N5O. The van der Waals surface area contributed by atoms with E-state index in [-0.39, 0.29) is 6.54 Å². The molecule has 0 N–H and O–H groups in total. The topological polar surface area (TPSA) is 62.2 Å². The molecule has 3 heterocycles. The van der Waals surface area contributed by atoms with E-state index in [0.717, 1.165) is 4.90 Å². The van der Waals surface area contributed by atoms with E-state index in [1.807, 2.05) is 0 Å². The molecule has 0 aliphatic carbocycles. The molecule has 2 aromatic rings. The summed E-state index contributed by atoms with van der Waals surface area (Å²) in [6, 6.07) is 2.74. The Kier molecular flexibility index (Phi) is 3.78. The fraction of sp³-hybridized carbons (Fsp3) is 0.429. The molecule has 0 radical (unpaired) electrons. The molecule has 122 valence electrons. The summed E-state index contributed by atoms with van der Waals surface area (Å²) in [5, 5.41) is 0. The molecule has 3 rings (SSSR count). The summed E-state index contributed by atoms with van der Waals surface area (Å²) in [7, 11) is 1.64. The van der Waals surface area contributed by atoms with Gasteiger partial charge >= 0.3 is 6.18 Å². The maximum atomic E-state index is 12.5. The minimum atomic E-state index is -4.39. The first-order chi connectivity index (χ1) is 10.8. The van der Waals surface area contributed by atoms with Gasteiger partial charge in [-0.05, 0) is 18.6 Å². The summed E-state index contributed by atoms with van der Waals surface area (Å²) in [6.07, 6.45) is -1.01. The molecule has 1 fully saturated rings. The highest BCUT2D eigenvalue weighted by Gasteiger charge is 2.41. The predicted molar refractivity (Wildman–Crippen MR) is 76.8 cm³/mol. The average molecular weight is 325 g/mol. The highest BCUT2D eigenvalue weighted by Crippen LogP contribution is 2.25. The van der Waals surface area contributed by atoms with Crippen molar-refractivity contribution in [3.63, 3.8) is 0 Å². The summed E-state index contributed by atoms with van der Waals surface area (Å²) in [4.78, 5) is 27.1. The van der Waals surface area contributed by atoms with Crippen molar-refractivity contribution in [1.29, 1.82) is 0 Å². The number of hydrogen-bond acceptors (Lipinski definition) is 5. The molecule has 9 heteroatoms. The third-order valence-electron chi connectivity index (χ3n) is 3.79. The molecule has 2 aromatic heterocycles. The van der Waals surface area contributed by atoms with Gasteiger partial charge in [-0.3, -0.25) is 9.78 Å². The van der Waals surface area contributed by atoms with Crippen molar-refractivity contribution in [3.8, 4) is 0 Å². The van der Waals surface area contributed by atoms with Crippen LogP contribution in [-0.2, 0) is 4.79 Å². The molecule has 1 aliphatic heterocycles. The van der Waals surface area contributed by atoms with Crippen molar-refractivity contribution in [1.82, 2.24) is 19.9 Å². The Hall–Kier alpha value is -2.45. The molecular weight excluding hydrogens is 311 g/mol. The summed E-state index contributed by atoms with van der Waals surface area (Å²) < 4.78 is 37.4. The molecule has 1 atom stereocenters. The standard InChI is InChI=1S/C14H14F3N5O/c1-21(10-4-7-22(13(10)23)8-14(15,16)17)11-3-2-9-12(20-11)19-6-5-18-9/h2-3,5-6,10H,4,7-8H2,1H3. The van der Waals surface area contributed by atoms with Crippen LogP contribution in [0.1, 0.15) is 6.42 Å². The number of likely N-dealkylation sites (N-methyl/N-ethyl adjacent to an activating group) is 1. The maximum absolute atomic E-state index is 12.5.